The zero-order valence-corrected chi connectivity index (χ0v) is 8.22. The number of benzene rings is 1. The van der Waals surface area contributed by atoms with Gasteiger partial charge < -0.3 is 5.32 Å². The lowest BCUT2D eigenvalue weighted by Gasteiger charge is -2.06. The van der Waals surface area contributed by atoms with E-state index in [9.17, 15) is 8.42 Å². The number of nitrogens with one attached hydrogen (secondary N) is 1. The summed E-state index contributed by atoms with van der Waals surface area (Å²) in [6, 6.07) is 4.66. The summed E-state index contributed by atoms with van der Waals surface area (Å²) >= 11 is 0. The van der Waals surface area contributed by atoms with Crippen LogP contribution in [0.25, 0.3) is 0 Å². The summed E-state index contributed by atoms with van der Waals surface area (Å²) in [6.45, 7) is 1.84. The average Bonchev–Trinajstić information content (AvgIpc) is 2.01. The molecule has 1 rings (SSSR count). The fourth-order valence-corrected chi connectivity index (χ4v) is 1.74. The van der Waals surface area contributed by atoms with Gasteiger partial charge in [0.25, 0.3) is 10.1 Å². The van der Waals surface area contributed by atoms with Crippen molar-refractivity contribution in [1.82, 2.24) is 0 Å². The highest BCUT2D eigenvalue weighted by Gasteiger charge is 2.13. The third kappa shape index (κ3) is 2.19. The van der Waals surface area contributed by atoms with Gasteiger partial charge in [-0.2, -0.15) is 8.42 Å². The summed E-state index contributed by atoms with van der Waals surface area (Å²) in [6.07, 6.45) is 0. The fraction of sp³-hybridized carbons (Fsp3) is 0.250. The van der Waals surface area contributed by atoms with Crippen molar-refractivity contribution in [3.05, 3.63) is 23.8 Å². The van der Waals surface area contributed by atoms with Crippen molar-refractivity contribution in [2.45, 2.75) is 11.8 Å². The Morgan fingerprint density at radius 2 is 2.00 bits per heavy atom. The highest BCUT2D eigenvalue weighted by atomic mass is 32.2. The van der Waals surface area contributed by atoms with Crippen LogP contribution in [0.1, 0.15) is 5.56 Å². The lowest BCUT2D eigenvalue weighted by atomic mass is 10.2. The van der Waals surface area contributed by atoms with E-state index in [1.165, 1.54) is 6.07 Å². The van der Waals surface area contributed by atoms with Crippen molar-refractivity contribution in [2.75, 3.05) is 12.4 Å². The molecule has 1 aromatic rings. The monoisotopic (exact) mass is 201 g/mol. The first-order chi connectivity index (χ1) is 5.95. The Bertz CT molecular complexity index is 411. The van der Waals surface area contributed by atoms with Crippen LogP contribution in [0.3, 0.4) is 0 Å². The number of aryl methyl sites for hydroxylation is 1. The van der Waals surface area contributed by atoms with Crippen LogP contribution in [0.4, 0.5) is 5.69 Å². The van der Waals surface area contributed by atoms with E-state index < -0.39 is 10.1 Å². The van der Waals surface area contributed by atoms with Gasteiger partial charge in [0.15, 0.2) is 0 Å². The Kier molecular flexibility index (Phi) is 2.58. The van der Waals surface area contributed by atoms with Gasteiger partial charge in [0.2, 0.25) is 0 Å². The van der Waals surface area contributed by atoms with Crippen molar-refractivity contribution in [2.24, 2.45) is 0 Å². The Morgan fingerprint density at radius 3 is 2.46 bits per heavy atom. The molecule has 0 amide bonds. The molecule has 0 aliphatic heterocycles. The van der Waals surface area contributed by atoms with Gasteiger partial charge in [-0.25, -0.2) is 0 Å². The van der Waals surface area contributed by atoms with Crippen LogP contribution in [-0.2, 0) is 10.1 Å². The molecule has 0 fully saturated rings. The molecule has 0 spiro atoms. The number of rotatable bonds is 2. The highest BCUT2D eigenvalue weighted by molar-refractivity contribution is 7.86. The molecule has 4 nitrogen and oxygen atoms in total. The predicted molar refractivity (Wildman–Crippen MR) is 50.5 cm³/mol. The van der Waals surface area contributed by atoms with E-state index >= 15 is 0 Å². The summed E-state index contributed by atoms with van der Waals surface area (Å²) in [4.78, 5) is -0.0967. The van der Waals surface area contributed by atoms with Gasteiger partial charge in [-0.05, 0) is 24.6 Å². The zero-order chi connectivity index (χ0) is 10.1. The second-order valence-corrected chi connectivity index (χ2v) is 4.11. The maximum atomic E-state index is 10.8. The predicted octanol–water partition coefficient (Wildman–Crippen LogP) is 1.28. The molecule has 0 bridgehead atoms. The van der Waals surface area contributed by atoms with E-state index in [0.717, 1.165) is 5.56 Å². The zero-order valence-electron chi connectivity index (χ0n) is 7.40. The van der Waals surface area contributed by atoms with Gasteiger partial charge in [0.1, 0.15) is 4.90 Å². The van der Waals surface area contributed by atoms with E-state index in [0.29, 0.717) is 5.69 Å². The van der Waals surface area contributed by atoms with E-state index in [4.69, 9.17) is 4.55 Å². The average molecular weight is 201 g/mol. The number of anilines is 1. The standard InChI is InChI=1S/C8H11NO3S/c1-6-3-4-8(13(10,11)12)7(5-6)9-2/h3-5,9H,1-2H3,(H,10,11,12). The minimum absolute atomic E-state index is 0.0967. The Labute approximate surface area is 77.3 Å². The lowest BCUT2D eigenvalue weighted by Crippen LogP contribution is -2.03. The van der Waals surface area contributed by atoms with Gasteiger partial charge in [-0.3, -0.25) is 4.55 Å². The first kappa shape index (κ1) is 10.0. The molecule has 0 aromatic heterocycles. The minimum atomic E-state index is -4.12. The fourth-order valence-electron chi connectivity index (χ4n) is 1.06. The van der Waals surface area contributed by atoms with Crippen molar-refractivity contribution >= 4 is 15.8 Å². The minimum Gasteiger partial charge on any atom is -0.387 e. The first-order valence-corrected chi connectivity index (χ1v) is 5.15. The van der Waals surface area contributed by atoms with Crippen molar-refractivity contribution < 1.29 is 13.0 Å². The molecule has 0 saturated carbocycles. The molecule has 0 radical (unpaired) electrons. The van der Waals surface area contributed by atoms with Gasteiger partial charge >= 0.3 is 0 Å². The second-order valence-electron chi connectivity index (χ2n) is 2.72. The van der Waals surface area contributed by atoms with Gasteiger partial charge in [0.05, 0.1) is 5.69 Å². The topological polar surface area (TPSA) is 66.4 Å². The van der Waals surface area contributed by atoms with E-state index in [1.54, 1.807) is 19.2 Å². The van der Waals surface area contributed by atoms with Gasteiger partial charge in [-0.15, -0.1) is 0 Å². The SMILES string of the molecule is CNc1cc(C)ccc1S(=O)(=O)O. The van der Waals surface area contributed by atoms with Crippen molar-refractivity contribution in [3.63, 3.8) is 0 Å². The molecular formula is C8H11NO3S. The van der Waals surface area contributed by atoms with Gasteiger partial charge in [0, 0.05) is 7.05 Å². The van der Waals surface area contributed by atoms with Crippen LogP contribution in [-0.4, -0.2) is 20.0 Å². The van der Waals surface area contributed by atoms with Crippen LogP contribution in [0.2, 0.25) is 0 Å². The summed E-state index contributed by atoms with van der Waals surface area (Å²) in [5, 5.41) is 2.70. The number of hydrogen-bond acceptors (Lipinski definition) is 3. The van der Waals surface area contributed by atoms with Gasteiger partial charge in [-0.1, -0.05) is 6.07 Å². The van der Waals surface area contributed by atoms with E-state index in [2.05, 4.69) is 5.32 Å². The molecule has 0 saturated heterocycles. The maximum Gasteiger partial charge on any atom is 0.296 e. The lowest BCUT2D eigenvalue weighted by molar-refractivity contribution is 0.483. The highest BCUT2D eigenvalue weighted by Crippen LogP contribution is 2.21. The van der Waals surface area contributed by atoms with E-state index in [1.807, 2.05) is 6.92 Å². The summed E-state index contributed by atoms with van der Waals surface area (Å²) < 4.78 is 30.5. The normalized spacial score (nSPS) is 11.3. The molecule has 0 aliphatic rings. The Hall–Kier alpha value is -1.07. The molecule has 5 heteroatoms. The third-order valence-corrected chi connectivity index (χ3v) is 2.59. The molecule has 13 heavy (non-hydrogen) atoms. The van der Waals surface area contributed by atoms with Crippen LogP contribution in [0.5, 0.6) is 0 Å². The molecule has 0 unspecified atom stereocenters. The summed E-state index contributed by atoms with van der Waals surface area (Å²) in [5.41, 5.74) is 1.33. The molecule has 72 valence electrons. The van der Waals surface area contributed by atoms with Crippen LogP contribution >= 0.6 is 0 Å². The molecule has 2 N–H and O–H groups in total. The van der Waals surface area contributed by atoms with Crippen molar-refractivity contribution in [3.8, 4) is 0 Å². The Balaban J connectivity index is 3.39. The summed E-state index contributed by atoms with van der Waals surface area (Å²) in [7, 11) is -2.52. The van der Waals surface area contributed by atoms with Crippen molar-refractivity contribution in [1.29, 1.82) is 0 Å². The molecule has 0 atom stereocenters. The molecule has 1 aromatic carbocycles. The second kappa shape index (κ2) is 3.35. The molecule has 0 heterocycles. The smallest absolute Gasteiger partial charge is 0.296 e. The van der Waals surface area contributed by atoms with E-state index in [-0.39, 0.29) is 4.90 Å². The number of hydrogen-bond donors (Lipinski definition) is 2. The molecule has 0 aliphatic carbocycles. The van der Waals surface area contributed by atoms with Crippen LogP contribution < -0.4 is 5.32 Å². The summed E-state index contributed by atoms with van der Waals surface area (Å²) in [5.74, 6) is 0. The quantitative estimate of drug-likeness (QED) is 0.707. The maximum absolute atomic E-state index is 10.8. The van der Waals surface area contributed by atoms with Crippen LogP contribution in [0, 0.1) is 6.92 Å². The molecular weight excluding hydrogens is 190 g/mol. The first-order valence-electron chi connectivity index (χ1n) is 3.71. The largest absolute Gasteiger partial charge is 0.387 e. The van der Waals surface area contributed by atoms with Crippen LogP contribution in [0.15, 0.2) is 23.1 Å². The third-order valence-electron chi connectivity index (χ3n) is 1.68. The Morgan fingerprint density at radius 1 is 1.38 bits per heavy atom.